The first-order valence-corrected chi connectivity index (χ1v) is 6.82. The molecular formula is C15H23FN2O. The highest BCUT2D eigenvalue weighted by molar-refractivity contribution is 5.95. The van der Waals surface area contributed by atoms with Crippen LogP contribution >= 0.6 is 0 Å². The van der Waals surface area contributed by atoms with Crippen molar-refractivity contribution in [3.05, 3.63) is 35.1 Å². The molecule has 3 N–H and O–H groups in total. The fourth-order valence-electron chi connectivity index (χ4n) is 2.16. The van der Waals surface area contributed by atoms with Crippen LogP contribution in [0.2, 0.25) is 0 Å². The molecule has 0 saturated carbocycles. The number of halogens is 1. The Labute approximate surface area is 114 Å². The standard InChI is InChI=1S/C15H23FN2O/c1-3-4-12(7-8-17)10-18-15(19)14-9-13(16)6-5-11(14)2/h5-6,9,12H,3-4,7-8,10,17H2,1-2H3,(H,18,19). The van der Waals surface area contributed by atoms with Gasteiger partial charge in [0.25, 0.3) is 5.91 Å². The first-order valence-electron chi connectivity index (χ1n) is 6.82. The summed E-state index contributed by atoms with van der Waals surface area (Å²) in [6.45, 7) is 5.14. The molecule has 1 rings (SSSR count). The third-order valence-electron chi connectivity index (χ3n) is 3.27. The number of amides is 1. The molecule has 0 radical (unpaired) electrons. The predicted molar refractivity (Wildman–Crippen MR) is 75.5 cm³/mol. The molecule has 1 amide bonds. The summed E-state index contributed by atoms with van der Waals surface area (Å²) < 4.78 is 13.2. The smallest absolute Gasteiger partial charge is 0.251 e. The molecule has 1 atom stereocenters. The van der Waals surface area contributed by atoms with Crippen molar-refractivity contribution in [2.75, 3.05) is 13.1 Å². The van der Waals surface area contributed by atoms with Crippen molar-refractivity contribution in [1.29, 1.82) is 0 Å². The van der Waals surface area contributed by atoms with E-state index >= 15 is 0 Å². The number of benzene rings is 1. The van der Waals surface area contributed by atoms with E-state index < -0.39 is 0 Å². The van der Waals surface area contributed by atoms with E-state index in [1.165, 1.54) is 12.1 Å². The predicted octanol–water partition coefficient (Wildman–Crippen LogP) is 2.63. The SMILES string of the molecule is CCCC(CCN)CNC(=O)c1cc(F)ccc1C. The number of aryl methyl sites for hydroxylation is 1. The molecule has 3 nitrogen and oxygen atoms in total. The van der Waals surface area contributed by atoms with Crippen LogP contribution in [0.3, 0.4) is 0 Å². The van der Waals surface area contributed by atoms with Crippen LogP contribution in [0, 0.1) is 18.7 Å². The Morgan fingerprint density at radius 2 is 2.16 bits per heavy atom. The molecular weight excluding hydrogens is 243 g/mol. The van der Waals surface area contributed by atoms with Crippen molar-refractivity contribution in [2.45, 2.75) is 33.1 Å². The van der Waals surface area contributed by atoms with Crippen LogP contribution in [0.1, 0.15) is 42.1 Å². The minimum atomic E-state index is -0.386. The minimum Gasteiger partial charge on any atom is -0.352 e. The number of hydrogen-bond donors (Lipinski definition) is 2. The van der Waals surface area contributed by atoms with Crippen molar-refractivity contribution in [3.8, 4) is 0 Å². The van der Waals surface area contributed by atoms with E-state index in [-0.39, 0.29) is 11.7 Å². The number of carbonyl (C=O) groups excluding carboxylic acids is 1. The van der Waals surface area contributed by atoms with Crippen LogP contribution in [0.15, 0.2) is 18.2 Å². The quantitative estimate of drug-likeness (QED) is 0.797. The van der Waals surface area contributed by atoms with Gasteiger partial charge in [-0.3, -0.25) is 4.79 Å². The van der Waals surface area contributed by atoms with Gasteiger partial charge in [-0.15, -0.1) is 0 Å². The fourth-order valence-corrected chi connectivity index (χ4v) is 2.16. The molecule has 1 aromatic rings. The van der Waals surface area contributed by atoms with Gasteiger partial charge < -0.3 is 11.1 Å². The second kappa shape index (κ2) is 7.89. The van der Waals surface area contributed by atoms with Gasteiger partial charge in [0.15, 0.2) is 0 Å². The molecule has 0 spiro atoms. The van der Waals surface area contributed by atoms with E-state index in [4.69, 9.17) is 5.73 Å². The van der Waals surface area contributed by atoms with Gasteiger partial charge in [0.2, 0.25) is 0 Å². The molecule has 4 heteroatoms. The maximum absolute atomic E-state index is 13.2. The monoisotopic (exact) mass is 266 g/mol. The molecule has 0 aliphatic rings. The number of carbonyl (C=O) groups is 1. The molecule has 0 fully saturated rings. The van der Waals surface area contributed by atoms with Gasteiger partial charge in [0, 0.05) is 12.1 Å². The Morgan fingerprint density at radius 3 is 2.79 bits per heavy atom. The zero-order chi connectivity index (χ0) is 14.3. The van der Waals surface area contributed by atoms with Crippen molar-refractivity contribution in [1.82, 2.24) is 5.32 Å². The second-order valence-electron chi connectivity index (χ2n) is 4.90. The van der Waals surface area contributed by atoms with Gasteiger partial charge in [-0.05, 0) is 49.9 Å². The zero-order valence-electron chi connectivity index (χ0n) is 11.7. The highest BCUT2D eigenvalue weighted by Gasteiger charge is 2.12. The van der Waals surface area contributed by atoms with Crippen molar-refractivity contribution in [3.63, 3.8) is 0 Å². The van der Waals surface area contributed by atoms with E-state index in [9.17, 15) is 9.18 Å². The molecule has 106 valence electrons. The van der Waals surface area contributed by atoms with Crippen LogP contribution in [0.25, 0.3) is 0 Å². The Bertz CT molecular complexity index is 415. The van der Waals surface area contributed by atoms with Gasteiger partial charge in [-0.1, -0.05) is 19.4 Å². The number of nitrogens with two attached hydrogens (primary N) is 1. The zero-order valence-corrected chi connectivity index (χ0v) is 11.7. The molecule has 1 unspecified atom stereocenters. The van der Waals surface area contributed by atoms with Crippen LogP contribution < -0.4 is 11.1 Å². The molecule has 1 aromatic carbocycles. The van der Waals surface area contributed by atoms with Crippen LogP contribution in [0.5, 0.6) is 0 Å². The summed E-state index contributed by atoms with van der Waals surface area (Å²) in [5, 5.41) is 2.88. The van der Waals surface area contributed by atoms with Gasteiger partial charge in [-0.25, -0.2) is 4.39 Å². The van der Waals surface area contributed by atoms with Gasteiger partial charge in [-0.2, -0.15) is 0 Å². The number of nitrogens with one attached hydrogen (secondary N) is 1. The Balaban J connectivity index is 2.61. The molecule has 0 heterocycles. The summed E-state index contributed by atoms with van der Waals surface area (Å²) in [4.78, 5) is 12.0. The van der Waals surface area contributed by atoms with Gasteiger partial charge in [0.05, 0.1) is 0 Å². The summed E-state index contributed by atoms with van der Waals surface area (Å²) in [6.07, 6.45) is 3.01. The highest BCUT2D eigenvalue weighted by Crippen LogP contribution is 2.12. The first-order chi connectivity index (χ1) is 9.08. The van der Waals surface area contributed by atoms with Crippen molar-refractivity contribution < 1.29 is 9.18 Å². The van der Waals surface area contributed by atoms with E-state index in [1.807, 2.05) is 0 Å². The summed E-state index contributed by atoms with van der Waals surface area (Å²) >= 11 is 0. The van der Waals surface area contributed by atoms with Crippen molar-refractivity contribution in [2.24, 2.45) is 11.7 Å². The molecule has 0 aliphatic heterocycles. The molecule has 0 saturated heterocycles. The van der Waals surface area contributed by atoms with Crippen LogP contribution in [-0.2, 0) is 0 Å². The lowest BCUT2D eigenvalue weighted by Crippen LogP contribution is -2.30. The average molecular weight is 266 g/mol. The summed E-state index contributed by atoms with van der Waals surface area (Å²) in [7, 11) is 0. The average Bonchev–Trinajstić information content (AvgIpc) is 2.39. The molecule has 19 heavy (non-hydrogen) atoms. The maximum Gasteiger partial charge on any atom is 0.251 e. The molecule has 0 aliphatic carbocycles. The Kier molecular flexibility index (Phi) is 6.50. The number of rotatable bonds is 7. The van der Waals surface area contributed by atoms with Crippen LogP contribution in [0.4, 0.5) is 4.39 Å². The third kappa shape index (κ3) is 4.99. The van der Waals surface area contributed by atoms with E-state index in [0.717, 1.165) is 24.8 Å². The normalized spacial score (nSPS) is 12.2. The summed E-state index contributed by atoms with van der Waals surface area (Å²) in [5.41, 5.74) is 6.75. The minimum absolute atomic E-state index is 0.213. The van der Waals surface area contributed by atoms with E-state index in [1.54, 1.807) is 13.0 Å². The molecule has 0 bridgehead atoms. The summed E-state index contributed by atoms with van der Waals surface area (Å²) in [5.74, 6) is -0.203. The largest absolute Gasteiger partial charge is 0.352 e. The molecule has 0 aromatic heterocycles. The highest BCUT2D eigenvalue weighted by atomic mass is 19.1. The van der Waals surface area contributed by atoms with Crippen molar-refractivity contribution >= 4 is 5.91 Å². The van der Waals surface area contributed by atoms with Gasteiger partial charge in [0.1, 0.15) is 5.82 Å². The summed E-state index contributed by atoms with van der Waals surface area (Å²) in [6, 6.07) is 4.26. The lowest BCUT2D eigenvalue weighted by atomic mass is 9.99. The maximum atomic E-state index is 13.2. The first kappa shape index (κ1) is 15.6. The fraction of sp³-hybridized carbons (Fsp3) is 0.533. The van der Waals surface area contributed by atoms with Crippen LogP contribution in [-0.4, -0.2) is 19.0 Å². The van der Waals surface area contributed by atoms with Gasteiger partial charge >= 0.3 is 0 Å². The van der Waals surface area contributed by atoms with E-state index in [2.05, 4.69) is 12.2 Å². The third-order valence-corrected chi connectivity index (χ3v) is 3.27. The van der Waals surface area contributed by atoms with E-state index in [0.29, 0.717) is 24.6 Å². The Hall–Kier alpha value is -1.42. The lowest BCUT2D eigenvalue weighted by Gasteiger charge is -2.16. The lowest BCUT2D eigenvalue weighted by molar-refractivity contribution is 0.0944. The number of hydrogen-bond acceptors (Lipinski definition) is 2. The Morgan fingerprint density at radius 1 is 1.42 bits per heavy atom. The topological polar surface area (TPSA) is 55.1 Å². The second-order valence-corrected chi connectivity index (χ2v) is 4.90.